The van der Waals surface area contributed by atoms with Gasteiger partial charge in [-0.1, -0.05) is 36.9 Å². The van der Waals surface area contributed by atoms with E-state index in [1.54, 1.807) is 18.2 Å². The molecule has 3 rings (SSSR count). The number of amides is 3. The molecular weight excluding hydrogens is 454 g/mol. The highest BCUT2D eigenvalue weighted by Gasteiger charge is 2.38. The van der Waals surface area contributed by atoms with E-state index in [1.165, 1.54) is 20.1 Å². The van der Waals surface area contributed by atoms with Crippen molar-refractivity contribution in [3.05, 3.63) is 41.5 Å². The van der Waals surface area contributed by atoms with E-state index < -0.39 is 17.4 Å². The molecule has 3 N–H and O–H groups in total. The lowest BCUT2D eigenvalue weighted by Crippen LogP contribution is -2.45. The Bertz CT molecular complexity index is 1060. The summed E-state index contributed by atoms with van der Waals surface area (Å²) in [4.78, 5) is 52.2. The Balaban J connectivity index is 1.57. The Labute approximate surface area is 203 Å². The third-order valence-corrected chi connectivity index (χ3v) is 5.86. The van der Waals surface area contributed by atoms with Crippen LogP contribution in [0.25, 0.3) is 0 Å². The van der Waals surface area contributed by atoms with Crippen molar-refractivity contribution in [1.29, 1.82) is 0 Å². The van der Waals surface area contributed by atoms with Gasteiger partial charge in [-0.15, -0.1) is 0 Å². The van der Waals surface area contributed by atoms with E-state index in [4.69, 9.17) is 4.52 Å². The molecule has 2 aromatic rings. The Morgan fingerprint density at radius 2 is 1.86 bits per heavy atom. The summed E-state index contributed by atoms with van der Waals surface area (Å²) < 4.78 is 9.88. The normalized spacial score (nSPS) is 14.9. The number of nitrogens with zero attached hydrogens (tertiary/aromatic N) is 2. The molecule has 1 aromatic carbocycles. The number of anilines is 1. The van der Waals surface area contributed by atoms with E-state index in [-0.39, 0.29) is 31.2 Å². The smallest absolute Gasteiger partial charge is 0.325 e. The predicted molar refractivity (Wildman–Crippen MR) is 125 cm³/mol. The molecular formula is C24H31N5O6. The van der Waals surface area contributed by atoms with Gasteiger partial charge < -0.3 is 25.2 Å². The lowest BCUT2D eigenvalue weighted by molar-refractivity contribution is -0.139. The van der Waals surface area contributed by atoms with Crippen molar-refractivity contribution in [2.75, 3.05) is 19.0 Å². The first-order valence-corrected chi connectivity index (χ1v) is 11.7. The minimum absolute atomic E-state index is 0.0908. The van der Waals surface area contributed by atoms with Crippen LogP contribution in [0.15, 0.2) is 28.8 Å². The molecule has 0 atom stereocenters. The second-order valence-corrected chi connectivity index (χ2v) is 8.58. The van der Waals surface area contributed by atoms with Gasteiger partial charge in [-0.3, -0.25) is 19.2 Å². The minimum atomic E-state index is -0.638. The SMILES string of the molecule is COC(=O)CNC(=O)c1cccc(NC(=O)CCc2nc(C3(NC(C)=O)CCCCCC3)no2)c1. The van der Waals surface area contributed by atoms with Gasteiger partial charge in [-0.25, -0.2) is 0 Å². The number of hydrogen-bond acceptors (Lipinski definition) is 8. The van der Waals surface area contributed by atoms with E-state index >= 15 is 0 Å². The fraction of sp³-hybridized carbons (Fsp3) is 0.500. The second kappa shape index (κ2) is 12.1. The largest absolute Gasteiger partial charge is 0.468 e. The zero-order chi connectivity index (χ0) is 25.3. The standard InChI is InChI=1S/C24H31N5O6/c1-16(30)28-24(12-5-3-4-6-13-24)23-27-20(35-29-23)11-10-19(31)26-18-9-7-8-17(14-18)22(33)25-15-21(32)34-2/h7-9,14H,3-6,10-13,15H2,1-2H3,(H,25,33)(H,26,31)(H,28,30). The fourth-order valence-electron chi connectivity index (χ4n) is 4.13. The third kappa shape index (κ3) is 7.36. The van der Waals surface area contributed by atoms with Crippen molar-refractivity contribution < 1.29 is 28.4 Å². The first-order chi connectivity index (χ1) is 16.8. The van der Waals surface area contributed by atoms with Gasteiger partial charge in [0.05, 0.1) is 7.11 Å². The lowest BCUT2D eigenvalue weighted by atomic mass is 9.89. The highest BCUT2D eigenvalue weighted by atomic mass is 16.5. The maximum Gasteiger partial charge on any atom is 0.325 e. The quantitative estimate of drug-likeness (QED) is 0.361. The molecule has 1 aromatic heterocycles. The van der Waals surface area contributed by atoms with E-state index in [1.807, 2.05) is 0 Å². The molecule has 0 bridgehead atoms. The summed E-state index contributed by atoms with van der Waals surface area (Å²) in [7, 11) is 1.23. The van der Waals surface area contributed by atoms with E-state index in [2.05, 4.69) is 30.8 Å². The third-order valence-electron chi connectivity index (χ3n) is 5.86. The van der Waals surface area contributed by atoms with Gasteiger partial charge in [0.1, 0.15) is 12.1 Å². The van der Waals surface area contributed by atoms with Crippen molar-refractivity contribution in [3.63, 3.8) is 0 Å². The molecule has 1 aliphatic carbocycles. The van der Waals surface area contributed by atoms with Gasteiger partial charge in [-0.05, 0) is 31.0 Å². The number of aryl methyl sites for hydroxylation is 1. The lowest BCUT2D eigenvalue weighted by Gasteiger charge is -2.30. The number of aromatic nitrogens is 2. The van der Waals surface area contributed by atoms with Gasteiger partial charge in [0.25, 0.3) is 5.91 Å². The highest BCUT2D eigenvalue weighted by Crippen LogP contribution is 2.34. The fourth-order valence-corrected chi connectivity index (χ4v) is 4.13. The van der Waals surface area contributed by atoms with Crippen LogP contribution in [0.2, 0.25) is 0 Å². The number of ether oxygens (including phenoxy) is 1. The van der Waals surface area contributed by atoms with Crippen LogP contribution in [0.5, 0.6) is 0 Å². The number of carbonyl (C=O) groups excluding carboxylic acids is 4. The number of nitrogens with one attached hydrogen (secondary N) is 3. The Morgan fingerprint density at radius 3 is 2.54 bits per heavy atom. The number of methoxy groups -OCH3 is 1. The van der Waals surface area contributed by atoms with Gasteiger partial charge in [0.2, 0.25) is 17.7 Å². The summed E-state index contributed by atoms with van der Waals surface area (Å²) in [6.07, 6.45) is 5.94. The van der Waals surface area contributed by atoms with Crippen molar-refractivity contribution in [2.24, 2.45) is 0 Å². The van der Waals surface area contributed by atoms with Crippen LogP contribution in [0.3, 0.4) is 0 Å². The molecule has 11 heteroatoms. The minimum Gasteiger partial charge on any atom is -0.468 e. The van der Waals surface area contributed by atoms with E-state index in [9.17, 15) is 19.2 Å². The van der Waals surface area contributed by atoms with Gasteiger partial charge in [0.15, 0.2) is 5.82 Å². The first kappa shape index (κ1) is 25.9. The van der Waals surface area contributed by atoms with Crippen molar-refractivity contribution in [1.82, 2.24) is 20.8 Å². The maximum atomic E-state index is 12.5. The van der Waals surface area contributed by atoms with E-state index in [0.717, 1.165) is 38.5 Å². The Kier molecular flexibility index (Phi) is 8.93. The molecule has 0 spiro atoms. The van der Waals surface area contributed by atoms with Crippen molar-refractivity contribution in [3.8, 4) is 0 Å². The molecule has 1 fully saturated rings. The number of rotatable bonds is 9. The van der Waals surface area contributed by atoms with Crippen molar-refractivity contribution >= 4 is 29.4 Å². The van der Waals surface area contributed by atoms with Crippen LogP contribution in [0.4, 0.5) is 5.69 Å². The van der Waals surface area contributed by atoms with Gasteiger partial charge in [-0.2, -0.15) is 4.98 Å². The van der Waals surface area contributed by atoms with Crippen LogP contribution in [-0.4, -0.2) is 47.5 Å². The van der Waals surface area contributed by atoms with Crippen LogP contribution in [0.1, 0.15) is 73.9 Å². The summed E-state index contributed by atoms with van der Waals surface area (Å²) in [5.41, 5.74) is 0.0937. The average Bonchev–Trinajstić information content (AvgIpc) is 3.20. The zero-order valence-electron chi connectivity index (χ0n) is 20.0. The molecule has 0 saturated heterocycles. The second-order valence-electron chi connectivity index (χ2n) is 8.58. The molecule has 11 nitrogen and oxygen atoms in total. The summed E-state index contributed by atoms with van der Waals surface area (Å²) in [5.74, 6) is -0.678. The van der Waals surface area contributed by atoms with Gasteiger partial charge >= 0.3 is 5.97 Å². The molecule has 0 radical (unpaired) electrons. The maximum absolute atomic E-state index is 12.5. The zero-order valence-corrected chi connectivity index (χ0v) is 20.0. The molecule has 0 unspecified atom stereocenters. The number of benzene rings is 1. The van der Waals surface area contributed by atoms with Crippen molar-refractivity contribution in [2.45, 2.75) is 63.8 Å². The highest BCUT2D eigenvalue weighted by molar-refractivity contribution is 5.98. The molecule has 35 heavy (non-hydrogen) atoms. The number of carbonyl (C=O) groups is 4. The summed E-state index contributed by atoms with van der Waals surface area (Å²) in [6.45, 7) is 1.23. The average molecular weight is 486 g/mol. The van der Waals surface area contributed by atoms with Gasteiger partial charge in [0, 0.05) is 31.0 Å². The molecule has 3 amide bonds. The molecule has 1 saturated carbocycles. The van der Waals surface area contributed by atoms with E-state index in [0.29, 0.717) is 23.0 Å². The Hall–Kier alpha value is -3.76. The summed E-state index contributed by atoms with van der Waals surface area (Å²) in [5, 5.41) is 12.3. The molecule has 0 aliphatic heterocycles. The van der Waals surface area contributed by atoms with Crippen LogP contribution < -0.4 is 16.0 Å². The summed E-state index contributed by atoms with van der Waals surface area (Å²) in [6, 6.07) is 6.36. The summed E-state index contributed by atoms with van der Waals surface area (Å²) >= 11 is 0. The van der Waals surface area contributed by atoms with Crippen LogP contribution in [-0.2, 0) is 31.1 Å². The van der Waals surface area contributed by atoms with Crippen LogP contribution >= 0.6 is 0 Å². The molecule has 188 valence electrons. The molecule has 1 heterocycles. The Morgan fingerprint density at radius 1 is 1.11 bits per heavy atom. The predicted octanol–water partition coefficient (Wildman–Crippen LogP) is 2.23. The first-order valence-electron chi connectivity index (χ1n) is 11.7. The molecule has 1 aliphatic rings. The number of hydrogen-bond donors (Lipinski definition) is 3. The van der Waals surface area contributed by atoms with Crippen LogP contribution in [0, 0.1) is 0 Å². The monoisotopic (exact) mass is 485 g/mol. The topological polar surface area (TPSA) is 153 Å². The number of esters is 1.